The minimum Gasteiger partial charge on any atom is -0.455 e. The molecule has 0 fully saturated rings. The SMILES string of the molecule is CC(=O)c1ccc(Oc2ccc(Cl)cc2)c(C)n1. The van der Waals surface area contributed by atoms with E-state index in [0.717, 1.165) is 0 Å². The Bertz CT molecular complexity index is 579. The maximum atomic E-state index is 11.2. The first kappa shape index (κ1) is 12.6. The van der Waals surface area contributed by atoms with Gasteiger partial charge in [-0.1, -0.05) is 11.6 Å². The van der Waals surface area contributed by atoms with Gasteiger partial charge < -0.3 is 4.74 Å². The highest BCUT2D eigenvalue weighted by Gasteiger charge is 2.07. The lowest BCUT2D eigenvalue weighted by molar-refractivity contribution is 0.101. The van der Waals surface area contributed by atoms with E-state index in [2.05, 4.69) is 4.98 Å². The van der Waals surface area contributed by atoms with Crippen molar-refractivity contribution in [3.05, 3.63) is 52.8 Å². The maximum Gasteiger partial charge on any atom is 0.178 e. The number of nitrogens with zero attached hydrogens (tertiary/aromatic N) is 1. The predicted octanol–water partition coefficient (Wildman–Crippen LogP) is 4.04. The summed E-state index contributed by atoms with van der Waals surface area (Å²) in [5, 5.41) is 0.657. The van der Waals surface area contributed by atoms with Crippen molar-refractivity contribution in [3.63, 3.8) is 0 Å². The van der Waals surface area contributed by atoms with Crippen molar-refractivity contribution in [3.8, 4) is 11.5 Å². The number of hydrogen-bond acceptors (Lipinski definition) is 3. The smallest absolute Gasteiger partial charge is 0.178 e. The zero-order valence-corrected chi connectivity index (χ0v) is 10.9. The van der Waals surface area contributed by atoms with Gasteiger partial charge in [0.25, 0.3) is 0 Å². The first-order valence-electron chi connectivity index (χ1n) is 5.48. The van der Waals surface area contributed by atoms with Crippen LogP contribution >= 0.6 is 11.6 Å². The molecule has 0 unspecified atom stereocenters. The number of ether oxygens (including phenoxy) is 1. The quantitative estimate of drug-likeness (QED) is 0.783. The van der Waals surface area contributed by atoms with Crippen LogP contribution in [0.5, 0.6) is 11.5 Å². The van der Waals surface area contributed by atoms with E-state index >= 15 is 0 Å². The fourth-order valence-corrected chi connectivity index (χ4v) is 1.61. The number of halogens is 1. The lowest BCUT2D eigenvalue weighted by Gasteiger charge is -2.08. The summed E-state index contributed by atoms with van der Waals surface area (Å²) in [5.74, 6) is 1.25. The Morgan fingerprint density at radius 3 is 2.39 bits per heavy atom. The third kappa shape index (κ3) is 2.87. The Morgan fingerprint density at radius 2 is 1.83 bits per heavy atom. The van der Waals surface area contributed by atoms with Gasteiger partial charge in [0.2, 0.25) is 0 Å². The molecule has 1 aromatic carbocycles. The lowest BCUT2D eigenvalue weighted by Crippen LogP contribution is -1.99. The number of rotatable bonds is 3. The van der Waals surface area contributed by atoms with Gasteiger partial charge in [-0.05, 0) is 43.3 Å². The fourth-order valence-electron chi connectivity index (χ4n) is 1.48. The monoisotopic (exact) mass is 261 g/mol. The summed E-state index contributed by atoms with van der Waals surface area (Å²) in [7, 11) is 0. The van der Waals surface area contributed by atoms with Crippen LogP contribution < -0.4 is 4.74 Å². The summed E-state index contributed by atoms with van der Waals surface area (Å²) < 4.78 is 5.67. The van der Waals surface area contributed by atoms with Gasteiger partial charge in [-0.2, -0.15) is 0 Å². The molecule has 1 heterocycles. The average molecular weight is 262 g/mol. The number of carbonyl (C=O) groups excluding carboxylic acids is 1. The Kier molecular flexibility index (Phi) is 3.63. The van der Waals surface area contributed by atoms with Crippen LogP contribution in [0, 0.1) is 6.92 Å². The van der Waals surface area contributed by atoms with Crippen molar-refractivity contribution in [2.24, 2.45) is 0 Å². The Balaban J connectivity index is 2.24. The molecule has 0 radical (unpaired) electrons. The van der Waals surface area contributed by atoms with Crippen LogP contribution in [0.2, 0.25) is 5.02 Å². The zero-order chi connectivity index (χ0) is 13.1. The topological polar surface area (TPSA) is 39.2 Å². The van der Waals surface area contributed by atoms with Crippen molar-refractivity contribution in [2.45, 2.75) is 13.8 Å². The molecular formula is C14H12ClNO2. The first-order chi connectivity index (χ1) is 8.56. The van der Waals surface area contributed by atoms with E-state index in [4.69, 9.17) is 16.3 Å². The van der Waals surface area contributed by atoms with Gasteiger partial charge in [0, 0.05) is 11.9 Å². The second-order valence-corrected chi connectivity index (χ2v) is 4.33. The van der Waals surface area contributed by atoms with Gasteiger partial charge in [-0.3, -0.25) is 4.79 Å². The van der Waals surface area contributed by atoms with Crippen LogP contribution in [0.15, 0.2) is 36.4 Å². The molecule has 0 bridgehead atoms. The number of aromatic nitrogens is 1. The third-order valence-corrected chi connectivity index (χ3v) is 2.69. The second-order valence-electron chi connectivity index (χ2n) is 3.89. The molecule has 2 aromatic rings. The van der Waals surface area contributed by atoms with E-state index in [1.165, 1.54) is 6.92 Å². The molecule has 18 heavy (non-hydrogen) atoms. The molecular weight excluding hydrogens is 250 g/mol. The highest BCUT2D eigenvalue weighted by molar-refractivity contribution is 6.30. The number of Topliss-reactive ketones (excluding diaryl/α,β-unsaturated/α-hetero) is 1. The van der Waals surface area contributed by atoms with Crippen molar-refractivity contribution in [1.29, 1.82) is 0 Å². The highest BCUT2D eigenvalue weighted by Crippen LogP contribution is 2.25. The molecule has 1 aromatic heterocycles. The van der Waals surface area contributed by atoms with Crippen LogP contribution in [0.4, 0.5) is 0 Å². The summed E-state index contributed by atoms with van der Waals surface area (Å²) in [6.45, 7) is 3.29. The Morgan fingerprint density at radius 1 is 1.17 bits per heavy atom. The molecule has 0 amide bonds. The van der Waals surface area contributed by atoms with Gasteiger partial charge in [0.15, 0.2) is 5.78 Å². The molecule has 0 aliphatic heterocycles. The molecule has 2 rings (SSSR count). The molecule has 0 saturated heterocycles. The molecule has 0 spiro atoms. The van der Waals surface area contributed by atoms with Gasteiger partial charge in [0.05, 0.1) is 5.69 Å². The van der Waals surface area contributed by atoms with Gasteiger partial charge in [0.1, 0.15) is 17.2 Å². The van der Waals surface area contributed by atoms with Crippen molar-refractivity contribution in [1.82, 2.24) is 4.98 Å². The van der Waals surface area contributed by atoms with Crippen LogP contribution in [-0.4, -0.2) is 10.8 Å². The second kappa shape index (κ2) is 5.19. The molecule has 0 aliphatic carbocycles. The van der Waals surface area contributed by atoms with Crippen molar-refractivity contribution in [2.75, 3.05) is 0 Å². The predicted molar refractivity (Wildman–Crippen MR) is 70.5 cm³/mol. The fraction of sp³-hybridized carbons (Fsp3) is 0.143. The minimum absolute atomic E-state index is 0.0591. The minimum atomic E-state index is -0.0591. The van der Waals surface area contributed by atoms with E-state index in [-0.39, 0.29) is 5.78 Å². The van der Waals surface area contributed by atoms with Crippen molar-refractivity contribution < 1.29 is 9.53 Å². The van der Waals surface area contributed by atoms with E-state index in [1.54, 1.807) is 43.3 Å². The molecule has 4 heteroatoms. The van der Waals surface area contributed by atoms with E-state index in [9.17, 15) is 4.79 Å². The Hall–Kier alpha value is -1.87. The first-order valence-corrected chi connectivity index (χ1v) is 5.86. The number of benzene rings is 1. The highest BCUT2D eigenvalue weighted by atomic mass is 35.5. The summed E-state index contributed by atoms with van der Waals surface area (Å²) >= 11 is 5.80. The molecule has 0 N–H and O–H groups in total. The summed E-state index contributed by atoms with van der Waals surface area (Å²) in [4.78, 5) is 15.4. The molecule has 0 saturated carbocycles. The molecule has 0 aliphatic rings. The average Bonchev–Trinajstić information content (AvgIpc) is 2.34. The van der Waals surface area contributed by atoms with E-state index < -0.39 is 0 Å². The number of hydrogen-bond donors (Lipinski definition) is 0. The largest absolute Gasteiger partial charge is 0.455 e. The van der Waals surface area contributed by atoms with Gasteiger partial charge >= 0.3 is 0 Å². The number of ketones is 1. The standard InChI is InChI=1S/C14H12ClNO2/c1-9-14(8-7-13(16-9)10(2)17)18-12-5-3-11(15)4-6-12/h3-8H,1-2H3. The molecule has 3 nitrogen and oxygen atoms in total. The summed E-state index contributed by atoms with van der Waals surface area (Å²) in [6, 6.07) is 10.5. The van der Waals surface area contributed by atoms with Crippen LogP contribution in [0.3, 0.4) is 0 Å². The maximum absolute atomic E-state index is 11.2. The van der Waals surface area contributed by atoms with Gasteiger partial charge in [-0.15, -0.1) is 0 Å². The van der Waals surface area contributed by atoms with Crippen LogP contribution in [0.1, 0.15) is 23.1 Å². The van der Waals surface area contributed by atoms with Crippen molar-refractivity contribution >= 4 is 17.4 Å². The van der Waals surface area contributed by atoms with Crippen LogP contribution in [0.25, 0.3) is 0 Å². The normalized spacial score (nSPS) is 10.2. The van der Waals surface area contributed by atoms with E-state index in [1.807, 2.05) is 0 Å². The Labute approximate surface area is 110 Å². The number of aryl methyl sites for hydroxylation is 1. The van der Waals surface area contributed by atoms with Gasteiger partial charge in [-0.25, -0.2) is 4.98 Å². The number of carbonyl (C=O) groups is 1. The number of pyridine rings is 1. The third-order valence-electron chi connectivity index (χ3n) is 2.44. The molecule has 0 atom stereocenters. The molecule has 92 valence electrons. The van der Waals surface area contributed by atoms with E-state index in [0.29, 0.717) is 27.9 Å². The summed E-state index contributed by atoms with van der Waals surface area (Å²) in [5.41, 5.74) is 1.12. The van der Waals surface area contributed by atoms with Crippen LogP contribution in [-0.2, 0) is 0 Å². The lowest BCUT2D eigenvalue weighted by atomic mass is 10.2. The summed E-state index contributed by atoms with van der Waals surface area (Å²) in [6.07, 6.45) is 0. The zero-order valence-electron chi connectivity index (χ0n) is 10.1.